The van der Waals surface area contributed by atoms with Gasteiger partial charge in [-0.15, -0.1) is 0 Å². The Labute approximate surface area is 135 Å². The predicted molar refractivity (Wildman–Crippen MR) is 84.6 cm³/mol. The maximum atomic E-state index is 5.98. The largest absolute Gasteiger partial charge is 0.398 e. The molecule has 106 valence electrons. The van der Waals surface area contributed by atoms with Gasteiger partial charge in [-0.25, -0.2) is 0 Å². The molecule has 0 radical (unpaired) electrons. The van der Waals surface area contributed by atoms with Crippen LogP contribution in [0.5, 0.6) is 0 Å². The summed E-state index contributed by atoms with van der Waals surface area (Å²) in [6.45, 7) is 0. The monoisotopic (exact) mass is 339 g/mol. The molecule has 3 aromatic rings. The first-order valence-corrected chi connectivity index (χ1v) is 7.02. The molecular formula is C14H8Cl3N3O. The van der Waals surface area contributed by atoms with Crippen molar-refractivity contribution in [3.8, 4) is 22.8 Å². The Balaban J connectivity index is 2.01. The van der Waals surface area contributed by atoms with Gasteiger partial charge in [0.15, 0.2) is 0 Å². The summed E-state index contributed by atoms with van der Waals surface area (Å²) in [4.78, 5) is 4.31. The Kier molecular flexibility index (Phi) is 3.76. The number of anilines is 1. The highest BCUT2D eigenvalue weighted by atomic mass is 35.5. The molecule has 0 aliphatic carbocycles. The first kappa shape index (κ1) is 14.2. The van der Waals surface area contributed by atoms with Crippen molar-refractivity contribution in [3.05, 3.63) is 51.5 Å². The zero-order chi connectivity index (χ0) is 15.0. The van der Waals surface area contributed by atoms with Crippen LogP contribution in [-0.2, 0) is 0 Å². The van der Waals surface area contributed by atoms with Gasteiger partial charge in [0.2, 0.25) is 5.82 Å². The van der Waals surface area contributed by atoms with Crippen molar-refractivity contribution in [3.63, 3.8) is 0 Å². The molecule has 1 aromatic heterocycles. The van der Waals surface area contributed by atoms with E-state index in [-0.39, 0.29) is 0 Å². The summed E-state index contributed by atoms with van der Waals surface area (Å²) in [7, 11) is 0. The average molecular weight is 341 g/mol. The molecule has 0 unspecified atom stereocenters. The van der Waals surface area contributed by atoms with Gasteiger partial charge < -0.3 is 10.3 Å². The second-order valence-electron chi connectivity index (χ2n) is 4.32. The zero-order valence-corrected chi connectivity index (χ0v) is 12.7. The lowest BCUT2D eigenvalue weighted by atomic mass is 10.2. The van der Waals surface area contributed by atoms with Gasteiger partial charge in [-0.3, -0.25) is 0 Å². The van der Waals surface area contributed by atoms with Gasteiger partial charge in [-0.05, 0) is 36.4 Å². The molecule has 2 N–H and O–H groups in total. The Morgan fingerprint density at radius 1 is 0.905 bits per heavy atom. The highest BCUT2D eigenvalue weighted by Gasteiger charge is 2.12. The predicted octanol–water partition coefficient (Wildman–Crippen LogP) is 4.95. The smallest absolute Gasteiger partial charge is 0.258 e. The van der Waals surface area contributed by atoms with Crippen LogP contribution in [0.1, 0.15) is 0 Å². The molecule has 4 nitrogen and oxygen atoms in total. The SMILES string of the molecule is Nc1ccc(-c2nc(-c3cc(Cl)cc(Cl)c3)no2)cc1Cl. The molecule has 2 aromatic carbocycles. The maximum absolute atomic E-state index is 5.98. The van der Waals surface area contributed by atoms with Crippen molar-refractivity contribution in [2.24, 2.45) is 0 Å². The van der Waals surface area contributed by atoms with E-state index in [2.05, 4.69) is 10.1 Å². The van der Waals surface area contributed by atoms with Gasteiger partial charge in [0.1, 0.15) is 0 Å². The van der Waals surface area contributed by atoms with Crippen molar-refractivity contribution >= 4 is 40.5 Å². The summed E-state index contributed by atoms with van der Waals surface area (Å²) in [6, 6.07) is 10.1. The third kappa shape index (κ3) is 2.97. The van der Waals surface area contributed by atoms with E-state index in [0.29, 0.717) is 43.6 Å². The minimum Gasteiger partial charge on any atom is -0.398 e. The van der Waals surface area contributed by atoms with Gasteiger partial charge in [-0.2, -0.15) is 4.98 Å². The number of hydrogen-bond acceptors (Lipinski definition) is 4. The Hall–Kier alpha value is -1.75. The Morgan fingerprint density at radius 3 is 2.29 bits per heavy atom. The molecule has 0 aliphatic rings. The number of rotatable bonds is 2. The number of nitrogens with two attached hydrogens (primary N) is 1. The summed E-state index contributed by atoms with van der Waals surface area (Å²) in [6.07, 6.45) is 0. The molecule has 0 saturated carbocycles. The van der Waals surface area contributed by atoms with E-state index in [0.717, 1.165) is 0 Å². The minimum atomic E-state index is 0.336. The highest BCUT2D eigenvalue weighted by molar-refractivity contribution is 6.35. The van der Waals surface area contributed by atoms with Crippen molar-refractivity contribution in [1.29, 1.82) is 0 Å². The molecular weight excluding hydrogens is 333 g/mol. The van der Waals surface area contributed by atoms with E-state index < -0.39 is 0 Å². The van der Waals surface area contributed by atoms with Crippen LogP contribution in [0.3, 0.4) is 0 Å². The molecule has 0 bridgehead atoms. The second kappa shape index (κ2) is 5.56. The van der Waals surface area contributed by atoms with Crippen LogP contribution < -0.4 is 5.73 Å². The number of halogens is 3. The standard InChI is InChI=1S/C14H8Cl3N3O/c15-9-3-8(4-10(16)6-9)13-19-14(21-20-13)7-1-2-12(18)11(17)5-7/h1-6H,18H2. The fourth-order valence-electron chi connectivity index (χ4n) is 1.80. The van der Waals surface area contributed by atoms with Gasteiger partial charge in [0.05, 0.1) is 10.7 Å². The maximum Gasteiger partial charge on any atom is 0.258 e. The summed E-state index contributed by atoms with van der Waals surface area (Å²) < 4.78 is 5.23. The first-order valence-electron chi connectivity index (χ1n) is 5.88. The number of benzene rings is 2. The lowest BCUT2D eigenvalue weighted by Crippen LogP contribution is -1.87. The average Bonchev–Trinajstić information content (AvgIpc) is 2.90. The summed E-state index contributed by atoms with van der Waals surface area (Å²) in [5, 5.41) is 5.35. The molecule has 1 heterocycles. The molecule has 21 heavy (non-hydrogen) atoms. The van der Waals surface area contributed by atoms with E-state index >= 15 is 0 Å². The van der Waals surface area contributed by atoms with Crippen molar-refractivity contribution in [2.45, 2.75) is 0 Å². The topological polar surface area (TPSA) is 64.9 Å². The van der Waals surface area contributed by atoms with Crippen molar-refractivity contribution in [1.82, 2.24) is 10.1 Å². The van der Waals surface area contributed by atoms with E-state index in [9.17, 15) is 0 Å². The van der Waals surface area contributed by atoms with Crippen molar-refractivity contribution < 1.29 is 4.52 Å². The van der Waals surface area contributed by atoms with E-state index in [1.807, 2.05) is 0 Å². The van der Waals surface area contributed by atoms with Crippen LogP contribution in [-0.4, -0.2) is 10.1 Å². The summed E-state index contributed by atoms with van der Waals surface area (Å²) in [5.74, 6) is 0.727. The van der Waals surface area contributed by atoms with Crippen LogP contribution in [0.2, 0.25) is 15.1 Å². The molecule has 7 heteroatoms. The number of aromatic nitrogens is 2. The Morgan fingerprint density at radius 2 is 1.62 bits per heavy atom. The molecule has 0 aliphatic heterocycles. The molecule has 0 atom stereocenters. The number of nitrogen functional groups attached to an aromatic ring is 1. The third-order valence-corrected chi connectivity index (χ3v) is 3.56. The minimum absolute atomic E-state index is 0.336. The van der Waals surface area contributed by atoms with Crippen LogP contribution in [0.25, 0.3) is 22.8 Å². The Bertz CT molecular complexity index is 797. The molecule has 3 rings (SSSR count). The number of nitrogens with zero attached hydrogens (tertiary/aromatic N) is 2. The third-order valence-electron chi connectivity index (χ3n) is 2.79. The van der Waals surface area contributed by atoms with Gasteiger partial charge in [0.25, 0.3) is 5.89 Å². The van der Waals surface area contributed by atoms with Gasteiger partial charge in [-0.1, -0.05) is 40.0 Å². The quantitative estimate of drug-likeness (QED) is 0.671. The molecule has 0 saturated heterocycles. The van der Waals surface area contributed by atoms with E-state index in [4.69, 9.17) is 45.1 Å². The lowest BCUT2D eigenvalue weighted by molar-refractivity contribution is 0.432. The summed E-state index contributed by atoms with van der Waals surface area (Å²) >= 11 is 17.9. The summed E-state index contributed by atoms with van der Waals surface area (Å²) in [5.41, 5.74) is 7.51. The van der Waals surface area contributed by atoms with Gasteiger partial charge >= 0.3 is 0 Å². The van der Waals surface area contributed by atoms with E-state index in [1.54, 1.807) is 36.4 Å². The number of hydrogen-bond donors (Lipinski definition) is 1. The van der Waals surface area contributed by atoms with Gasteiger partial charge in [0, 0.05) is 21.2 Å². The van der Waals surface area contributed by atoms with E-state index in [1.165, 1.54) is 0 Å². The van der Waals surface area contributed by atoms with Crippen LogP contribution in [0.15, 0.2) is 40.9 Å². The fourth-order valence-corrected chi connectivity index (χ4v) is 2.51. The van der Waals surface area contributed by atoms with Crippen LogP contribution >= 0.6 is 34.8 Å². The lowest BCUT2D eigenvalue weighted by Gasteiger charge is -1.99. The normalized spacial score (nSPS) is 10.8. The second-order valence-corrected chi connectivity index (χ2v) is 5.60. The van der Waals surface area contributed by atoms with Crippen LogP contribution in [0, 0.1) is 0 Å². The first-order chi connectivity index (χ1) is 10.0. The van der Waals surface area contributed by atoms with Crippen molar-refractivity contribution in [2.75, 3.05) is 5.73 Å². The molecule has 0 amide bonds. The van der Waals surface area contributed by atoms with Crippen LogP contribution in [0.4, 0.5) is 5.69 Å². The fraction of sp³-hybridized carbons (Fsp3) is 0. The highest BCUT2D eigenvalue weighted by Crippen LogP contribution is 2.29. The molecule has 0 spiro atoms. The zero-order valence-electron chi connectivity index (χ0n) is 10.5. The molecule has 0 fully saturated rings.